The summed E-state index contributed by atoms with van der Waals surface area (Å²) in [5.74, 6) is 0.269. The summed E-state index contributed by atoms with van der Waals surface area (Å²) in [4.78, 5) is 14.1. The minimum absolute atomic E-state index is 0.192. The molecule has 0 aromatic heterocycles. The number of nitrogens with zero attached hydrogens (tertiary/aromatic N) is 2. The fraction of sp³-hybridized carbons (Fsp3) is 0.824. The summed E-state index contributed by atoms with van der Waals surface area (Å²) < 4.78 is 0.752. The summed E-state index contributed by atoms with van der Waals surface area (Å²) in [6.45, 7) is 9.11. The minimum Gasteiger partial charge on any atom is -0.391 e. The number of unbranched alkanes of at least 4 members (excludes halogenated alkanes) is 4. The predicted octanol–water partition coefficient (Wildman–Crippen LogP) is 2.43. The van der Waals surface area contributed by atoms with Gasteiger partial charge in [0, 0.05) is 13.0 Å². The van der Waals surface area contributed by atoms with Gasteiger partial charge in [0.15, 0.2) is 0 Å². The van der Waals surface area contributed by atoms with E-state index >= 15 is 0 Å². The summed E-state index contributed by atoms with van der Waals surface area (Å²) >= 11 is 0. The van der Waals surface area contributed by atoms with E-state index in [2.05, 4.69) is 20.7 Å². The van der Waals surface area contributed by atoms with Gasteiger partial charge in [0.2, 0.25) is 5.91 Å². The van der Waals surface area contributed by atoms with Gasteiger partial charge >= 0.3 is 0 Å². The second kappa shape index (κ2) is 11.8. The Balaban J connectivity index is 3.93. The molecule has 0 heterocycles. The third kappa shape index (κ3) is 10.5. The van der Waals surface area contributed by atoms with Crippen molar-refractivity contribution in [2.24, 2.45) is 0 Å². The lowest BCUT2D eigenvalue weighted by Crippen LogP contribution is -2.48. The number of carbonyl (C=O) groups is 1. The van der Waals surface area contributed by atoms with Gasteiger partial charge in [-0.05, 0) is 26.2 Å². The highest BCUT2D eigenvalue weighted by molar-refractivity contribution is 5.76. The first-order valence-corrected chi connectivity index (χ1v) is 8.28. The lowest BCUT2D eigenvalue weighted by Gasteiger charge is -2.32. The maximum atomic E-state index is 12.2. The van der Waals surface area contributed by atoms with E-state index in [0.29, 0.717) is 6.42 Å². The van der Waals surface area contributed by atoms with Crippen LogP contribution in [0.15, 0.2) is 12.7 Å². The quantitative estimate of drug-likeness (QED) is 0.322. The number of hydrogen-bond acceptors (Lipinski definition) is 2. The van der Waals surface area contributed by atoms with Crippen LogP contribution in [0.5, 0.6) is 0 Å². The maximum Gasteiger partial charge on any atom is 0.222 e. The molecule has 0 unspecified atom stereocenters. The number of aliphatic hydroxyl groups is 1. The van der Waals surface area contributed by atoms with Gasteiger partial charge in [-0.15, -0.1) is 6.58 Å². The first kappa shape index (κ1) is 20.1. The van der Waals surface area contributed by atoms with E-state index in [0.717, 1.165) is 49.9 Å². The monoisotopic (exact) mass is 299 g/mol. The molecule has 0 aromatic rings. The van der Waals surface area contributed by atoms with Crippen LogP contribution in [0.3, 0.4) is 0 Å². The van der Waals surface area contributed by atoms with Crippen molar-refractivity contribution in [3.63, 3.8) is 0 Å². The Kier molecular flexibility index (Phi) is 11.3. The topological polar surface area (TPSA) is 40.5 Å². The number of rotatable bonds is 13. The lowest BCUT2D eigenvalue weighted by atomic mass is 10.1. The van der Waals surface area contributed by atoms with Crippen molar-refractivity contribution in [3.05, 3.63) is 12.7 Å². The summed E-state index contributed by atoms with van der Waals surface area (Å²) in [7, 11) is 4.18. The summed E-state index contributed by atoms with van der Waals surface area (Å²) in [6.07, 6.45) is 8.18. The Morgan fingerprint density at radius 3 is 2.43 bits per heavy atom. The molecule has 0 aliphatic carbocycles. The van der Waals surface area contributed by atoms with Gasteiger partial charge in [-0.3, -0.25) is 4.79 Å². The van der Waals surface area contributed by atoms with E-state index in [4.69, 9.17) is 5.11 Å². The minimum atomic E-state index is 0.192. The number of hydrogen-bond donors (Lipinski definition) is 1. The average molecular weight is 299 g/mol. The van der Waals surface area contributed by atoms with Gasteiger partial charge in [0.05, 0.1) is 33.8 Å². The van der Waals surface area contributed by atoms with Gasteiger partial charge in [0.25, 0.3) is 0 Å². The summed E-state index contributed by atoms with van der Waals surface area (Å²) in [5.41, 5.74) is 0. The van der Waals surface area contributed by atoms with Crippen molar-refractivity contribution in [2.75, 3.05) is 46.9 Å². The highest BCUT2D eigenvalue weighted by Gasteiger charge is 2.18. The predicted molar refractivity (Wildman–Crippen MR) is 89.1 cm³/mol. The van der Waals surface area contributed by atoms with E-state index in [1.807, 2.05) is 17.9 Å². The van der Waals surface area contributed by atoms with Crippen LogP contribution in [0.1, 0.15) is 45.4 Å². The number of likely N-dealkylation sites (N-methyl/N-ethyl adjacent to an activating group) is 2. The number of quaternary nitrogens is 1. The fourth-order valence-electron chi connectivity index (χ4n) is 2.31. The normalized spacial score (nSPS) is 11.4. The number of carbonyl (C=O) groups excluding carboxylic acids is 1. The molecular formula is C17H35N2O2+. The van der Waals surface area contributed by atoms with Gasteiger partial charge in [-0.25, -0.2) is 0 Å². The van der Waals surface area contributed by atoms with Crippen molar-refractivity contribution in [1.29, 1.82) is 0 Å². The average Bonchev–Trinajstić information content (AvgIpc) is 2.43. The molecule has 4 heteroatoms. The molecular weight excluding hydrogens is 264 g/mol. The largest absolute Gasteiger partial charge is 0.391 e. The third-order valence-electron chi connectivity index (χ3n) is 3.96. The zero-order valence-electron chi connectivity index (χ0n) is 14.3. The zero-order valence-corrected chi connectivity index (χ0v) is 14.3. The van der Waals surface area contributed by atoms with Crippen LogP contribution in [-0.2, 0) is 4.79 Å². The summed E-state index contributed by atoms with van der Waals surface area (Å²) in [5, 5.41) is 9.04. The first-order chi connectivity index (χ1) is 9.96. The number of amides is 1. The van der Waals surface area contributed by atoms with Crippen LogP contribution in [-0.4, -0.2) is 67.3 Å². The molecule has 124 valence electrons. The van der Waals surface area contributed by atoms with Crippen molar-refractivity contribution >= 4 is 5.91 Å². The molecule has 1 amide bonds. The third-order valence-corrected chi connectivity index (χ3v) is 3.96. The van der Waals surface area contributed by atoms with Gasteiger partial charge in [0.1, 0.15) is 6.54 Å². The van der Waals surface area contributed by atoms with Crippen LogP contribution >= 0.6 is 0 Å². The Hall–Kier alpha value is -0.870. The molecule has 0 saturated carbocycles. The molecule has 0 aliphatic heterocycles. The Bertz CT molecular complexity index is 291. The van der Waals surface area contributed by atoms with E-state index in [1.165, 1.54) is 12.8 Å². The van der Waals surface area contributed by atoms with Crippen molar-refractivity contribution in [2.45, 2.75) is 45.4 Å². The zero-order chi connectivity index (χ0) is 16.1. The van der Waals surface area contributed by atoms with Gasteiger partial charge in [-0.1, -0.05) is 18.9 Å². The van der Waals surface area contributed by atoms with Crippen LogP contribution < -0.4 is 0 Å². The Morgan fingerprint density at radius 1 is 1.19 bits per heavy atom. The van der Waals surface area contributed by atoms with E-state index < -0.39 is 0 Å². The molecule has 0 fully saturated rings. The highest BCUT2D eigenvalue weighted by atomic mass is 16.3. The fourth-order valence-corrected chi connectivity index (χ4v) is 2.31. The van der Waals surface area contributed by atoms with Gasteiger partial charge in [-0.2, -0.15) is 0 Å². The second-order valence-corrected chi connectivity index (χ2v) is 6.32. The maximum absolute atomic E-state index is 12.2. The molecule has 21 heavy (non-hydrogen) atoms. The van der Waals surface area contributed by atoms with Crippen LogP contribution in [0.25, 0.3) is 0 Å². The van der Waals surface area contributed by atoms with E-state index in [1.54, 1.807) is 0 Å². The Labute approximate surface area is 131 Å². The molecule has 0 radical (unpaired) electrons. The SMILES string of the molecule is C=CCCCCCCC(=O)N(CC)CC[N+](C)(C)CCO. The molecule has 0 saturated heterocycles. The standard InChI is InChI=1S/C17H35N2O2/c1-5-7-8-9-10-11-12-17(21)18(6-2)13-14-19(3,4)15-16-20/h5,20H,1,6-16H2,2-4H3/q+1. The molecule has 0 spiro atoms. The van der Waals surface area contributed by atoms with Crippen LogP contribution in [0.2, 0.25) is 0 Å². The molecule has 4 nitrogen and oxygen atoms in total. The molecule has 1 N–H and O–H groups in total. The molecule has 0 atom stereocenters. The smallest absolute Gasteiger partial charge is 0.222 e. The number of allylic oxidation sites excluding steroid dienone is 1. The molecule has 0 aliphatic rings. The second-order valence-electron chi connectivity index (χ2n) is 6.32. The number of aliphatic hydroxyl groups excluding tert-OH is 1. The van der Waals surface area contributed by atoms with E-state index in [9.17, 15) is 4.79 Å². The van der Waals surface area contributed by atoms with Crippen molar-refractivity contribution in [3.8, 4) is 0 Å². The highest BCUT2D eigenvalue weighted by Crippen LogP contribution is 2.08. The van der Waals surface area contributed by atoms with Crippen LogP contribution in [0, 0.1) is 0 Å². The van der Waals surface area contributed by atoms with E-state index in [-0.39, 0.29) is 12.5 Å². The summed E-state index contributed by atoms with van der Waals surface area (Å²) in [6, 6.07) is 0. The molecule has 0 aromatic carbocycles. The van der Waals surface area contributed by atoms with Crippen molar-refractivity contribution < 1.29 is 14.4 Å². The first-order valence-electron chi connectivity index (χ1n) is 8.28. The lowest BCUT2D eigenvalue weighted by molar-refractivity contribution is -0.890. The van der Waals surface area contributed by atoms with Crippen LogP contribution in [0.4, 0.5) is 0 Å². The Morgan fingerprint density at radius 2 is 1.86 bits per heavy atom. The van der Waals surface area contributed by atoms with Crippen molar-refractivity contribution in [1.82, 2.24) is 4.90 Å². The molecule has 0 bridgehead atoms. The molecule has 0 rings (SSSR count). The van der Waals surface area contributed by atoms with Gasteiger partial charge < -0.3 is 14.5 Å².